The highest BCUT2D eigenvalue weighted by Crippen LogP contribution is 2.18. The second-order valence-corrected chi connectivity index (χ2v) is 5.92. The van der Waals surface area contributed by atoms with E-state index >= 15 is 0 Å². The van der Waals surface area contributed by atoms with Gasteiger partial charge in [-0.1, -0.05) is 28.1 Å². The van der Waals surface area contributed by atoms with Crippen molar-refractivity contribution in [1.29, 1.82) is 0 Å². The molecule has 0 spiro atoms. The number of carbonyl (C=O) groups is 1. The van der Waals surface area contributed by atoms with Gasteiger partial charge in [0.15, 0.2) is 0 Å². The molecular weight excluding hydrogens is 340 g/mol. The van der Waals surface area contributed by atoms with Crippen molar-refractivity contribution in [2.45, 2.75) is 26.2 Å². The van der Waals surface area contributed by atoms with Gasteiger partial charge in [-0.25, -0.2) is 0 Å². The van der Waals surface area contributed by atoms with Gasteiger partial charge in [0.05, 0.1) is 0 Å². The van der Waals surface area contributed by atoms with Crippen molar-refractivity contribution in [1.82, 2.24) is 10.2 Å². The van der Waals surface area contributed by atoms with Gasteiger partial charge in [-0.05, 0) is 43.5 Å². The van der Waals surface area contributed by atoms with Crippen LogP contribution in [0.2, 0.25) is 0 Å². The predicted octanol–water partition coefficient (Wildman–Crippen LogP) is 2.93. The smallest absolute Gasteiger partial charge is 0.222 e. The Bertz CT molecular complexity index is 445. The van der Waals surface area contributed by atoms with Crippen LogP contribution in [0.1, 0.15) is 24.0 Å². The summed E-state index contributed by atoms with van der Waals surface area (Å²) < 4.78 is 1.13. The average molecular weight is 362 g/mol. The summed E-state index contributed by atoms with van der Waals surface area (Å²) in [5.74, 6) is 0.282. The van der Waals surface area contributed by atoms with Gasteiger partial charge in [0.25, 0.3) is 0 Å². The maximum absolute atomic E-state index is 12.2. The van der Waals surface area contributed by atoms with E-state index in [4.69, 9.17) is 0 Å². The minimum Gasteiger partial charge on any atom is -0.341 e. The fourth-order valence-corrected chi connectivity index (χ4v) is 2.61. The lowest BCUT2D eigenvalue weighted by molar-refractivity contribution is -0.130. The summed E-state index contributed by atoms with van der Waals surface area (Å²) >= 11 is 3.50. The SMILES string of the molecule is Cc1cc(CCC(=O)N2CCCNCC2)ccc1Br.Cl. The van der Waals surface area contributed by atoms with Crippen LogP contribution in [0.25, 0.3) is 0 Å². The zero-order valence-corrected chi connectivity index (χ0v) is 14.2. The molecule has 1 N–H and O–H groups in total. The zero-order chi connectivity index (χ0) is 13.7. The molecule has 0 aliphatic carbocycles. The van der Waals surface area contributed by atoms with Crippen LogP contribution in [0.5, 0.6) is 0 Å². The molecule has 0 radical (unpaired) electrons. The highest BCUT2D eigenvalue weighted by molar-refractivity contribution is 9.10. The molecule has 1 fully saturated rings. The van der Waals surface area contributed by atoms with E-state index in [1.165, 1.54) is 11.1 Å². The van der Waals surface area contributed by atoms with E-state index in [-0.39, 0.29) is 18.3 Å². The summed E-state index contributed by atoms with van der Waals surface area (Å²) in [5.41, 5.74) is 2.46. The minimum atomic E-state index is 0. The first-order chi connectivity index (χ1) is 9.16. The monoisotopic (exact) mass is 360 g/mol. The molecule has 2 rings (SSSR count). The van der Waals surface area contributed by atoms with E-state index in [1.807, 2.05) is 4.90 Å². The number of benzene rings is 1. The molecule has 1 aliphatic heterocycles. The quantitative estimate of drug-likeness (QED) is 0.898. The zero-order valence-electron chi connectivity index (χ0n) is 11.8. The maximum Gasteiger partial charge on any atom is 0.222 e. The number of hydrogen-bond donors (Lipinski definition) is 1. The van der Waals surface area contributed by atoms with Crippen molar-refractivity contribution in [2.24, 2.45) is 0 Å². The summed E-state index contributed by atoms with van der Waals surface area (Å²) in [5, 5.41) is 3.32. The molecule has 0 bridgehead atoms. The number of amides is 1. The van der Waals surface area contributed by atoms with Crippen molar-refractivity contribution in [3.05, 3.63) is 33.8 Å². The van der Waals surface area contributed by atoms with E-state index < -0.39 is 0 Å². The Hall–Kier alpha value is -0.580. The maximum atomic E-state index is 12.2. The van der Waals surface area contributed by atoms with Crippen LogP contribution in [0.4, 0.5) is 0 Å². The van der Waals surface area contributed by atoms with Gasteiger partial charge in [-0.2, -0.15) is 0 Å². The third kappa shape index (κ3) is 5.08. The normalized spacial score (nSPS) is 15.4. The summed E-state index contributed by atoms with van der Waals surface area (Å²) in [6, 6.07) is 6.31. The molecule has 0 atom stereocenters. The number of hydrogen-bond acceptors (Lipinski definition) is 2. The molecule has 1 amide bonds. The summed E-state index contributed by atoms with van der Waals surface area (Å²) in [6.45, 7) is 5.76. The molecule has 1 aromatic carbocycles. The molecule has 5 heteroatoms. The molecule has 1 aromatic rings. The van der Waals surface area contributed by atoms with Crippen molar-refractivity contribution in [2.75, 3.05) is 26.2 Å². The minimum absolute atomic E-state index is 0. The lowest BCUT2D eigenvalue weighted by Crippen LogP contribution is -2.34. The number of aryl methyl sites for hydroxylation is 2. The van der Waals surface area contributed by atoms with Crippen LogP contribution in [0.15, 0.2) is 22.7 Å². The van der Waals surface area contributed by atoms with Gasteiger partial charge < -0.3 is 10.2 Å². The first-order valence-electron chi connectivity index (χ1n) is 6.90. The summed E-state index contributed by atoms with van der Waals surface area (Å²) in [4.78, 5) is 14.2. The van der Waals surface area contributed by atoms with Gasteiger partial charge in [0, 0.05) is 30.5 Å². The molecule has 0 aromatic heterocycles. The van der Waals surface area contributed by atoms with Crippen LogP contribution >= 0.6 is 28.3 Å². The lowest BCUT2D eigenvalue weighted by atomic mass is 10.1. The molecular formula is C15H22BrClN2O. The van der Waals surface area contributed by atoms with Gasteiger partial charge in [0.2, 0.25) is 5.91 Å². The number of halogens is 2. The van der Waals surface area contributed by atoms with Gasteiger partial charge in [0.1, 0.15) is 0 Å². The van der Waals surface area contributed by atoms with E-state index in [9.17, 15) is 4.79 Å². The molecule has 20 heavy (non-hydrogen) atoms. The van der Waals surface area contributed by atoms with Gasteiger partial charge in [-0.3, -0.25) is 4.79 Å². The fraction of sp³-hybridized carbons (Fsp3) is 0.533. The second-order valence-electron chi connectivity index (χ2n) is 5.07. The highest BCUT2D eigenvalue weighted by Gasteiger charge is 2.14. The van der Waals surface area contributed by atoms with Gasteiger partial charge >= 0.3 is 0 Å². The van der Waals surface area contributed by atoms with E-state index in [1.54, 1.807) is 0 Å². The summed E-state index contributed by atoms with van der Waals surface area (Å²) in [6.07, 6.45) is 2.50. The Kier molecular flexibility index (Phi) is 7.56. The lowest BCUT2D eigenvalue weighted by Gasteiger charge is -2.19. The van der Waals surface area contributed by atoms with E-state index in [2.05, 4.69) is 46.4 Å². The Balaban J connectivity index is 0.00000200. The van der Waals surface area contributed by atoms with Crippen LogP contribution in [-0.2, 0) is 11.2 Å². The average Bonchev–Trinajstić information content (AvgIpc) is 2.69. The first kappa shape index (κ1) is 17.5. The Morgan fingerprint density at radius 3 is 2.90 bits per heavy atom. The third-order valence-electron chi connectivity index (χ3n) is 3.54. The topological polar surface area (TPSA) is 32.3 Å². The third-order valence-corrected chi connectivity index (χ3v) is 4.43. The second kappa shape index (κ2) is 8.65. The Morgan fingerprint density at radius 1 is 1.35 bits per heavy atom. The van der Waals surface area contributed by atoms with E-state index in [0.29, 0.717) is 6.42 Å². The molecule has 0 unspecified atom stereocenters. The van der Waals surface area contributed by atoms with Crippen LogP contribution in [0, 0.1) is 6.92 Å². The first-order valence-corrected chi connectivity index (χ1v) is 7.69. The van der Waals surface area contributed by atoms with Crippen molar-refractivity contribution in [3.63, 3.8) is 0 Å². The van der Waals surface area contributed by atoms with Crippen molar-refractivity contribution in [3.8, 4) is 0 Å². The number of nitrogens with zero attached hydrogens (tertiary/aromatic N) is 1. The van der Waals surface area contributed by atoms with Crippen LogP contribution in [0.3, 0.4) is 0 Å². The molecule has 112 valence electrons. The number of rotatable bonds is 3. The molecule has 3 nitrogen and oxygen atoms in total. The predicted molar refractivity (Wildman–Crippen MR) is 88.5 cm³/mol. The van der Waals surface area contributed by atoms with Gasteiger partial charge in [-0.15, -0.1) is 12.4 Å². The van der Waals surface area contributed by atoms with Crippen LogP contribution < -0.4 is 5.32 Å². The highest BCUT2D eigenvalue weighted by atomic mass is 79.9. The standard InChI is InChI=1S/C15H21BrN2O.ClH/c1-12-11-13(3-5-14(12)16)4-6-15(19)18-9-2-7-17-8-10-18;/h3,5,11,17H,2,4,6-10H2,1H3;1H. The van der Waals surface area contributed by atoms with Crippen molar-refractivity contribution < 1.29 is 4.79 Å². The molecule has 1 saturated heterocycles. The molecule has 1 heterocycles. The van der Waals surface area contributed by atoms with Crippen LogP contribution in [-0.4, -0.2) is 37.0 Å². The Labute approximate surface area is 135 Å². The summed E-state index contributed by atoms with van der Waals surface area (Å²) in [7, 11) is 0. The molecule has 1 aliphatic rings. The largest absolute Gasteiger partial charge is 0.341 e. The number of nitrogens with one attached hydrogen (secondary N) is 1. The molecule has 0 saturated carbocycles. The van der Waals surface area contributed by atoms with Crippen molar-refractivity contribution >= 4 is 34.2 Å². The number of carbonyl (C=O) groups excluding carboxylic acids is 1. The Morgan fingerprint density at radius 2 is 2.15 bits per heavy atom. The fourth-order valence-electron chi connectivity index (χ4n) is 2.37. The van der Waals surface area contributed by atoms with E-state index in [0.717, 1.165) is 43.5 Å².